The SMILES string of the molecule is C1CC(NC2CN3CCC2CC3)CC2(CCSC2)O1. The molecule has 5 rings (SSSR count). The van der Waals surface area contributed by atoms with E-state index in [9.17, 15) is 0 Å². The second-order valence-corrected chi connectivity index (χ2v) is 8.04. The molecule has 19 heavy (non-hydrogen) atoms. The number of ether oxygens (including phenoxy) is 1. The lowest BCUT2D eigenvalue weighted by Crippen LogP contribution is -2.60. The standard InChI is InChI=1S/C15H26N2OS/c1-5-17-6-2-12(1)14(10-17)16-13-3-7-18-15(9-13)4-8-19-11-15/h12-14,16H,1-11H2. The van der Waals surface area contributed by atoms with E-state index < -0.39 is 0 Å². The molecule has 108 valence electrons. The van der Waals surface area contributed by atoms with Gasteiger partial charge in [0.15, 0.2) is 0 Å². The van der Waals surface area contributed by atoms with Crippen molar-refractivity contribution in [3.05, 3.63) is 0 Å². The summed E-state index contributed by atoms with van der Waals surface area (Å²) in [4.78, 5) is 2.65. The molecular formula is C15H26N2OS. The van der Waals surface area contributed by atoms with Gasteiger partial charge in [-0.25, -0.2) is 0 Å². The second kappa shape index (κ2) is 5.21. The zero-order valence-corrected chi connectivity index (χ0v) is 12.6. The molecule has 3 unspecified atom stereocenters. The van der Waals surface area contributed by atoms with Crippen LogP contribution < -0.4 is 5.32 Å². The third-order valence-corrected chi connectivity index (χ3v) is 6.89. The predicted octanol–water partition coefficient (Wildman–Crippen LogP) is 1.72. The van der Waals surface area contributed by atoms with Gasteiger partial charge in [0.25, 0.3) is 0 Å². The molecule has 0 aromatic rings. The van der Waals surface area contributed by atoms with Crippen molar-refractivity contribution in [2.45, 2.75) is 49.8 Å². The van der Waals surface area contributed by atoms with Crippen LogP contribution in [0.1, 0.15) is 32.1 Å². The lowest BCUT2D eigenvalue weighted by molar-refractivity contribution is -0.0747. The Morgan fingerprint density at radius 1 is 1.21 bits per heavy atom. The zero-order chi connectivity index (χ0) is 12.7. The summed E-state index contributed by atoms with van der Waals surface area (Å²) in [6, 6.07) is 1.47. The minimum atomic E-state index is 0.231. The van der Waals surface area contributed by atoms with Gasteiger partial charge >= 0.3 is 0 Å². The number of hydrogen-bond donors (Lipinski definition) is 1. The molecule has 0 aliphatic carbocycles. The van der Waals surface area contributed by atoms with Gasteiger partial charge in [-0.15, -0.1) is 0 Å². The van der Waals surface area contributed by atoms with Crippen molar-refractivity contribution in [2.75, 3.05) is 37.7 Å². The highest BCUT2D eigenvalue weighted by molar-refractivity contribution is 7.99. The van der Waals surface area contributed by atoms with E-state index >= 15 is 0 Å². The van der Waals surface area contributed by atoms with E-state index in [2.05, 4.69) is 22.0 Å². The van der Waals surface area contributed by atoms with Crippen molar-refractivity contribution < 1.29 is 4.74 Å². The van der Waals surface area contributed by atoms with Crippen LogP contribution in [-0.4, -0.2) is 60.3 Å². The van der Waals surface area contributed by atoms with Gasteiger partial charge in [-0.3, -0.25) is 0 Å². The third kappa shape index (κ3) is 2.57. The van der Waals surface area contributed by atoms with Crippen LogP contribution in [0.5, 0.6) is 0 Å². The van der Waals surface area contributed by atoms with Crippen LogP contribution >= 0.6 is 11.8 Å². The van der Waals surface area contributed by atoms with Gasteiger partial charge in [0.1, 0.15) is 0 Å². The quantitative estimate of drug-likeness (QED) is 0.833. The molecule has 3 nitrogen and oxygen atoms in total. The number of piperidine rings is 3. The van der Waals surface area contributed by atoms with Crippen LogP contribution in [0.15, 0.2) is 0 Å². The third-order valence-electron chi connectivity index (χ3n) is 5.67. The molecule has 0 amide bonds. The molecule has 0 saturated carbocycles. The first-order valence-electron chi connectivity index (χ1n) is 8.03. The molecule has 0 aromatic carbocycles. The highest BCUT2D eigenvalue weighted by Crippen LogP contribution is 2.39. The number of fused-ring (bicyclic) bond motifs is 3. The molecule has 1 spiro atoms. The summed E-state index contributed by atoms with van der Waals surface area (Å²) in [5.41, 5.74) is 0.231. The fourth-order valence-electron chi connectivity index (χ4n) is 4.49. The molecule has 1 N–H and O–H groups in total. The molecule has 5 saturated heterocycles. The first-order chi connectivity index (χ1) is 9.33. The molecule has 4 heteroatoms. The largest absolute Gasteiger partial charge is 0.374 e. The van der Waals surface area contributed by atoms with Crippen LogP contribution in [0, 0.1) is 5.92 Å². The van der Waals surface area contributed by atoms with Gasteiger partial charge in [0, 0.05) is 31.0 Å². The molecule has 0 radical (unpaired) electrons. The number of nitrogens with one attached hydrogen (secondary N) is 1. The van der Waals surface area contributed by atoms with Crippen LogP contribution in [0.2, 0.25) is 0 Å². The van der Waals surface area contributed by atoms with E-state index in [0.717, 1.165) is 18.6 Å². The minimum absolute atomic E-state index is 0.231. The summed E-state index contributed by atoms with van der Waals surface area (Å²) in [6.45, 7) is 4.96. The molecule has 2 bridgehead atoms. The summed E-state index contributed by atoms with van der Waals surface area (Å²) in [6.07, 6.45) is 6.58. The van der Waals surface area contributed by atoms with Crippen molar-refractivity contribution in [3.8, 4) is 0 Å². The molecule has 5 heterocycles. The van der Waals surface area contributed by atoms with E-state index in [1.54, 1.807) is 0 Å². The summed E-state index contributed by atoms with van der Waals surface area (Å²) in [5, 5.41) is 4.01. The normalized spacial score (nSPS) is 49.9. The lowest BCUT2D eigenvalue weighted by Gasteiger charge is -2.48. The van der Waals surface area contributed by atoms with E-state index in [1.165, 1.54) is 63.2 Å². The number of thioether (sulfide) groups is 1. The fraction of sp³-hybridized carbons (Fsp3) is 1.00. The molecule has 3 atom stereocenters. The maximum atomic E-state index is 6.14. The highest BCUT2D eigenvalue weighted by atomic mass is 32.2. The van der Waals surface area contributed by atoms with Gasteiger partial charge in [-0.05, 0) is 56.9 Å². The van der Waals surface area contributed by atoms with E-state index in [0.29, 0.717) is 6.04 Å². The molecule has 5 aliphatic rings. The molecule has 5 aliphatic heterocycles. The number of hydrogen-bond acceptors (Lipinski definition) is 4. The summed E-state index contributed by atoms with van der Waals surface area (Å²) >= 11 is 2.08. The van der Waals surface area contributed by atoms with Gasteiger partial charge in [-0.2, -0.15) is 11.8 Å². The topological polar surface area (TPSA) is 24.5 Å². The maximum Gasteiger partial charge on any atom is 0.0795 e. The Hall–Kier alpha value is 0.230. The van der Waals surface area contributed by atoms with Crippen molar-refractivity contribution in [3.63, 3.8) is 0 Å². The van der Waals surface area contributed by atoms with Crippen LogP contribution in [0.25, 0.3) is 0 Å². The smallest absolute Gasteiger partial charge is 0.0795 e. The van der Waals surface area contributed by atoms with Crippen molar-refractivity contribution in [1.29, 1.82) is 0 Å². The van der Waals surface area contributed by atoms with E-state index in [-0.39, 0.29) is 5.60 Å². The number of rotatable bonds is 2. The average molecular weight is 282 g/mol. The van der Waals surface area contributed by atoms with E-state index in [1.807, 2.05) is 0 Å². The second-order valence-electron chi connectivity index (χ2n) is 6.93. The molecule has 5 fully saturated rings. The lowest BCUT2D eigenvalue weighted by atomic mass is 9.82. The van der Waals surface area contributed by atoms with Crippen LogP contribution in [-0.2, 0) is 4.74 Å². The van der Waals surface area contributed by atoms with Crippen LogP contribution in [0.3, 0.4) is 0 Å². The Bertz CT molecular complexity index is 324. The minimum Gasteiger partial charge on any atom is -0.374 e. The van der Waals surface area contributed by atoms with Crippen molar-refractivity contribution >= 4 is 11.8 Å². The fourth-order valence-corrected chi connectivity index (χ4v) is 5.87. The van der Waals surface area contributed by atoms with Crippen LogP contribution in [0.4, 0.5) is 0 Å². The summed E-state index contributed by atoms with van der Waals surface area (Å²) in [7, 11) is 0. The predicted molar refractivity (Wildman–Crippen MR) is 79.7 cm³/mol. The average Bonchev–Trinajstić information content (AvgIpc) is 2.88. The van der Waals surface area contributed by atoms with Gasteiger partial charge in [-0.1, -0.05) is 0 Å². The van der Waals surface area contributed by atoms with Crippen molar-refractivity contribution in [1.82, 2.24) is 10.2 Å². The Labute approximate surface area is 120 Å². The summed E-state index contributed by atoms with van der Waals surface area (Å²) in [5.74, 6) is 3.47. The first-order valence-corrected chi connectivity index (χ1v) is 9.19. The Morgan fingerprint density at radius 2 is 2.11 bits per heavy atom. The van der Waals surface area contributed by atoms with Gasteiger partial charge in [0.2, 0.25) is 0 Å². The van der Waals surface area contributed by atoms with Gasteiger partial charge < -0.3 is 15.0 Å². The zero-order valence-electron chi connectivity index (χ0n) is 11.8. The Kier molecular flexibility index (Phi) is 3.55. The van der Waals surface area contributed by atoms with E-state index in [4.69, 9.17) is 4.74 Å². The Morgan fingerprint density at radius 3 is 2.79 bits per heavy atom. The first kappa shape index (κ1) is 12.9. The molecule has 0 aromatic heterocycles. The monoisotopic (exact) mass is 282 g/mol. The van der Waals surface area contributed by atoms with Gasteiger partial charge in [0.05, 0.1) is 5.60 Å². The highest BCUT2D eigenvalue weighted by Gasteiger charge is 2.42. The maximum absolute atomic E-state index is 6.14. The number of nitrogens with zero attached hydrogens (tertiary/aromatic N) is 1. The van der Waals surface area contributed by atoms with Crippen molar-refractivity contribution in [2.24, 2.45) is 5.92 Å². The Balaban J connectivity index is 1.37. The molecular weight excluding hydrogens is 256 g/mol. The summed E-state index contributed by atoms with van der Waals surface area (Å²) < 4.78 is 6.14.